The molecule has 0 saturated carbocycles. The standard InChI is InChI=1S/C16H17FN2O2/c1-2-21-14-5-3-4-13(9-14)19-10-12-7-6-11(16(18)20)8-15(12)17/h3-9,19H,2,10H2,1H3,(H2,18,20). The maximum absolute atomic E-state index is 13.8. The Labute approximate surface area is 122 Å². The van der Waals surface area contributed by atoms with Crippen LogP contribution in [0, 0.1) is 5.82 Å². The monoisotopic (exact) mass is 288 g/mol. The number of nitrogens with two attached hydrogens (primary N) is 1. The molecule has 5 heteroatoms. The number of primary amides is 1. The molecule has 0 aliphatic heterocycles. The Balaban J connectivity index is 2.06. The van der Waals surface area contributed by atoms with Gasteiger partial charge in [0.15, 0.2) is 0 Å². The van der Waals surface area contributed by atoms with Crippen molar-refractivity contribution in [3.63, 3.8) is 0 Å². The molecule has 0 unspecified atom stereocenters. The first kappa shape index (κ1) is 14.8. The van der Waals surface area contributed by atoms with E-state index in [0.29, 0.717) is 18.7 Å². The summed E-state index contributed by atoms with van der Waals surface area (Å²) in [5.74, 6) is -0.343. The molecule has 0 atom stereocenters. The van der Waals surface area contributed by atoms with Crippen LogP contribution in [0.2, 0.25) is 0 Å². The summed E-state index contributed by atoms with van der Waals surface area (Å²) in [6.07, 6.45) is 0. The molecule has 2 aromatic rings. The number of rotatable bonds is 6. The lowest BCUT2D eigenvalue weighted by molar-refractivity contribution is 0.1000. The lowest BCUT2D eigenvalue weighted by Crippen LogP contribution is -2.12. The van der Waals surface area contributed by atoms with E-state index in [1.54, 1.807) is 6.07 Å². The smallest absolute Gasteiger partial charge is 0.248 e. The Morgan fingerprint density at radius 1 is 1.29 bits per heavy atom. The Hall–Kier alpha value is -2.56. The minimum Gasteiger partial charge on any atom is -0.494 e. The number of ether oxygens (including phenoxy) is 1. The van der Waals surface area contributed by atoms with Crippen LogP contribution in [-0.4, -0.2) is 12.5 Å². The zero-order chi connectivity index (χ0) is 15.2. The quantitative estimate of drug-likeness (QED) is 0.859. The summed E-state index contributed by atoms with van der Waals surface area (Å²) >= 11 is 0. The van der Waals surface area contributed by atoms with E-state index in [9.17, 15) is 9.18 Å². The minimum atomic E-state index is -0.641. The molecule has 2 aromatic carbocycles. The van der Waals surface area contributed by atoms with Gasteiger partial charge in [0, 0.05) is 29.4 Å². The van der Waals surface area contributed by atoms with Gasteiger partial charge in [0.25, 0.3) is 0 Å². The van der Waals surface area contributed by atoms with Gasteiger partial charge >= 0.3 is 0 Å². The van der Waals surface area contributed by atoms with Crippen LogP contribution in [0.3, 0.4) is 0 Å². The number of benzene rings is 2. The third-order valence-corrected chi connectivity index (χ3v) is 2.97. The fourth-order valence-corrected chi connectivity index (χ4v) is 1.90. The van der Waals surface area contributed by atoms with Gasteiger partial charge < -0.3 is 15.8 Å². The van der Waals surface area contributed by atoms with Gasteiger partial charge in [0.05, 0.1) is 6.61 Å². The summed E-state index contributed by atoms with van der Waals surface area (Å²) in [5, 5.41) is 3.11. The van der Waals surface area contributed by atoms with E-state index >= 15 is 0 Å². The van der Waals surface area contributed by atoms with Gasteiger partial charge in [-0.1, -0.05) is 12.1 Å². The number of halogens is 1. The SMILES string of the molecule is CCOc1cccc(NCc2ccc(C(N)=O)cc2F)c1. The van der Waals surface area contributed by atoms with E-state index in [-0.39, 0.29) is 5.56 Å². The predicted octanol–water partition coefficient (Wildman–Crippen LogP) is 2.94. The number of hydrogen-bond donors (Lipinski definition) is 2. The van der Waals surface area contributed by atoms with Crippen LogP contribution in [0.4, 0.5) is 10.1 Å². The molecule has 0 aromatic heterocycles. The highest BCUT2D eigenvalue weighted by molar-refractivity contribution is 5.92. The zero-order valence-corrected chi connectivity index (χ0v) is 11.7. The molecule has 3 N–H and O–H groups in total. The van der Waals surface area contributed by atoms with Crippen LogP contribution in [0.15, 0.2) is 42.5 Å². The van der Waals surface area contributed by atoms with Gasteiger partial charge in [-0.2, -0.15) is 0 Å². The van der Waals surface area contributed by atoms with Crippen LogP contribution in [0.5, 0.6) is 5.75 Å². The van der Waals surface area contributed by atoms with E-state index in [0.717, 1.165) is 17.5 Å². The lowest BCUT2D eigenvalue weighted by atomic mass is 10.1. The second-order valence-corrected chi connectivity index (χ2v) is 4.48. The van der Waals surface area contributed by atoms with Crippen molar-refractivity contribution in [2.75, 3.05) is 11.9 Å². The van der Waals surface area contributed by atoms with E-state index in [4.69, 9.17) is 10.5 Å². The molecule has 110 valence electrons. The summed E-state index contributed by atoms with van der Waals surface area (Å²) in [7, 11) is 0. The Bertz CT molecular complexity index is 644. The highest BCUT2D eigenvalue weighted by atomic mass is 19.1. The second kappa shape index (κ2) is 6.74. The molecule has 0 radical (unpaired) electrons. The molecule has 0 aliphatic carbocycles. The highest BCUT2D eigenvalue weighted by Crippen LogP contribution is 2.19. The van der Waals surface area contributed by atoms with Crippen molar-refractivity contribution in [2.45, 2.75) is 13.5 Å². The van der Waals surface area contributed by atoms with Crippen molar-refractivity contribution in [2.24, 2.45) is 5.73 Å². The predicted molar refractivity (Wildman–Crippen MR) is 79.9 cm³/mol. The molecule has 0 spiro atoms. The van der Waals surface area contributed by atoms with Gasteiger partial charge in [-0.15, -0.1) is 0 Å². The minimum absolute atomic E-state index is 0.162. The fourth-order valence-electron chi connectivity index (χ4n) is 1.90. The van der Waals surface area contributed by atoms with Crippen LogP contribution in [0.1, 0.15) is 22.8 Å². The van der Waals surface area contributed by atoms with Crippen molar-refractivity contribution in [3.8, 4) is 5.75 Å². The largest absolute Gasteiger partial charge is 0.494 e. The maximum Gasteiger partial charge on any atom is 0.248 e. The molecular formula is C16H17FN2O2. The summed E-state index contributed by atoms with van der Waals surface area (Å²) in [6, 6.07) is 11.7. The molecule has 4 nitrogen and oxygen atoms in total. The first-order valence-corrected chi connectivity index (χ1v) is 6.65. The lowest BCUT2D eigenvalue weighted by Gasteiger charge is -2.10. The second-order valence-electron chi connectivity index (χ2n) is 4.48. The van der Waals surface area contributed by atoms with Crippen molar-refractivity contribution in [1.29, 1.82) is 0 Å². The van der Waals surface area contributed by atoms with Gasteiger partial charge in [-0.05, 0) is 31.2 Å². The third-order valence-electron chi connectivity index (χ3n) is 2.97. The van der Waals surface area contributed by atoms with Gasteiger partial charge in [0.1, 0.15) is 11.6 Å². The fraction of sp³-hybridized carbons (Fsp3) is 0.188. The summed E-state index contributed by atoms with van der Waals surface area (Å²) < 4.78 is 19.2. The first-order valence-electron chi connectivity index (χ1n) is 6.65. The normalized spacial score (nSPS) is 10.2. The van der Waals surface area contributed by atoms with Gasteiger partial charge in [0.2, 0.25) is 5.91 Å². The van der Waals surface area contributed by atoms with Crippen molar-refractivity contribution >= 4 is 11.6 Å². The zero-order valence-electron chi connectivity index (χ0n) is 11.7. The molecule has 21 heavy (non-hydrogen) atoms. The van der Waals surface area contributed by atoms with Crippen LogP contribution in [0.25, 0.3) is 0 Å². The molecular weight excluding hydrogens is 271 g/mol. The summed E-state index contributed by atoms with van der Waals surface area (Å²) in [4.78, 5) is 11.0. The summed E-state index contributed by atoms with van der Waals surface area (Å²) in [6.45, 7) is 2.81. The molecule has 0 heterocycles. The molecule has 0 fully saturated rings. The number of hydrogen-bond acceptors (Lipinski definition) is 3. The van der Waals surface area contributed by atoms with Crippen LogP contribution >= 0.6 is 0 Å². The topological polar surface area (TPSA) is 64.3 Å². The number of carbonyl (C=O) groups is 1. The molecule has 0 bridgehead atoms. The average molecular weight is 288 g/mol. The molecule has 0 aliphatic rings. The third kappa shape index (κ3) is 3.95. The number of amides is 1. The first-order chi connectivity index (χ1) is 10.1. The van der Waals surface area contributed by atoms with E-state index in [2.05, 4.69) is 5.32 Å². The van der Waals surface area contributed by atoms with Crippen molar-refractivity contribution in [1.82, 2.24) is 0 Å². The molecule has 2 rings (SSSR count). The van der Waals surface area contributed by atoms with Gasteiger partial charge in [-0.3, -0.25) is 4.79 Å². The highest BCUT2D eigenvalue weighted by Gasteiger charge is 2.07. The van der Waals surface area contributed by atoms with Crippen LogP contribution < -0.4 is 15.8 Å². The summed E-state index contributed by atoms with van der Waals surface area (Å²) in [5.41, 5.74) is 6.56. The molecule has 1 amide bonds. The Kier molecular flexibility index (Phi) is 4.77. The van der Waals surface area contributed by atoms with E-state index in [1.165, 1.54) is 6.07 Å². The van der Waals surface area contributed by atoms with E-state index in [1.807, 2.05) is 31.2 Å². The maximum atomic E-state index is 13.8. The number of anilines is 1. The average Bonchev–Trinajstić information content (AvgIpc) is 2.46. The molecule has 0 saturated heterocycles. The van der Waals surface area contributed by atoms with Crippen LogP contribution in [-0.2, 0) is 6.54 Å². The van der Waals surface area contributed by atoms with Crippen molar-refractivity contribution in [3.05, 3.63) is 59.4 Å². The Morgan fingerprint density at radius 3 is 2.76 bits per heavy atom. The van der Waals surface area contributed by atoms with Gasteiger partial charge in [-0.25, -0.2) is 4.39 Å². The number of carbonyl (C=O) groups excluding carboxylic acids is 1. The van der Waals surface area contributed by atoms with E-state index < -0.39 is 11.7 Å². The Morgan fingerprint density at radius 2 is 2.10 bits per heavy atom. The van der Waals surface area contributed by atoms with Crippen molar-refractivity contribution < 1.29 is 13.9 Å². The number of nitrogens with one attached hydrogen (secondary N) is 1.